The Bertz CT molecular complexity index is 1350. The molecule has 0 radical (unpaired) electrons. The third kappa shape index (κ3) is 4.06. The maximum absolute atomic E-state index is 13.4. The highest BCUT2D eigenvalue weighted by molar-refractivity contribution is 7.91. The van der Waals surface area contributed by atoms with Crippen molar-refractivity contribution in [2.24, 2.45) is 0 Å². The molecule has 32 heavy (non-hydrogen) atoms. The number of nitrogens with zero attached hydrogens (tertiary/aromatic N) is 3. The van der Waals surface area contributed by atoms with E-state index in [1.807, 2.05) is 16.7 Å². The fraction of sp³-hybridized carbons (Fsp3) is 0.240. The molecule has 0 N–H and O–H groups in total. The van der Waals surface area contributed by atoms with Crippen molar-refractivity contribution in [3.8, 4) is 0 Å². The van der Waals surface area contributed by atoms with E-state index >= 15 is 0 Å². The maximum atomic E-state index is 13.4. The second-order valence-corrected chi connectivity index (χ2v) is 10.6. The van der Waals surface area contributed by atoms with E-state index in [1.165, 1.54) is 11.6 Å². The van der Waals surface area contributed by atoms with Gasteiger partial charge in [-0.25, -0.2) is 13.4 Å². The van der Waals surface area contributed by atoms with Gasteiger partial charge in [-0.15, -0.1) is 0 Å². The Balaban J connectivity index is 1.49. The van der Waals surface area contributed by atoms with Crippen molar-refractivity contribution in [2.45, 2.75) is 41.8 Å². The molecule has 0 spiro atoms. The summed E-state index contributed by atoms with van der Waals surface area (Å²) in [6, 6.07) is 20.8. The summed E-state index contributed by atoms with van der Waals surface area (Å²) < 4.78 is 28.9. The van der Waals surface area contributed by atoms with Crippen LogP contribution in [0.4, 0.5) is 0 Å². The van der Waals surface area contributed by atoms with E-state index in [-0.39, 0.29) is 9.79 Å². The van der Waals surface area contributed by atoms with E-state index in [0.717, 1.165) is 25.9 Å². The number of fused-ring (bicyclic) bond motifs is 1. The monoisotopic (exact) mass is 465 g/mol. The Morgan fingerprint density at radius 3 is 2.69 bits per heavy atom. The number of aromatic nitrogens is 2. The number of pyridine rings is 1. The zero-order valence-corrected chi connectivity index (χ0v) is 19.1. The lowest BCUT2D eigenvalue weighted by Gasteiger charge is -2.25. The molecule has 0 aliphatic carbocycles. The van der Waals surface area contributed by atoms with Crippen LogP contribution >= 0.6 is 11.6 Å². The molecule has 1 saturated heterocycles. The van der Waals surface area contributed by atoms with Gasteiger partial charge in [0.15, 0.2) is 0 Å². The van der Waals surface area contributed by atoms with Gasteiger partial charge >= 0.3 is 0 Å². The van der Waals surface area contributed by atoms with Crippen molar-refractivity contribution in [3.63, 3.8) is 0 Å². The first-order chi connectivity index (χ1) is 15.5. The molecular formula is C25H24ClN3O2S. The number of likely N-dealkylation sites (tertiary alicyclic amines) is 1. The summed E-state index contributed by atoms with van der Waals surface area (Å²) >= 11 is 6.07. The van der Waals surface area contributed by atoms with Crippen LogP contribution in [0.15, 0.2) is 88.9 Å². The number of benzene rings is 2. The van der Waals surface area contributed by atoms with Crippen LogP contribution in [0.3, 0.4) is 0 Å². The largest absolute Gasteiger partial charge is 0.330 e. The third-order valence-electron chi connectivity index (χ3n) is 6.13. The third-order valence-corrected chi connectivity index (χ3v) is 8.14. The minimum Gasteiger partial charge on any atom is -0.330 e. The first-order valence-corrected chi connectivity index (χ1v) is 12.6. The fourth-order valence-corrected chi connectivity index (χ4v) is 6.32. The lowest BCUT2D eigenvalue weighted by molar-refractivity contribution is 0.225. The molecule has 7 heteroatoms. The van der Waals surface area contributed by atoms with Crippen LogP contribution in [-0.4, -0.2) is 35.5 Å². The van der Waals surface area contributed by atoms with Crippen LogP contribution in [-0.2, 0) is 22.9 Å². The van der Waals surface area contributed by atoms with Gasteiger partial charge in [0.1, 0.15) is 5.65 Å². The van der Waals surface area contributed by atoms with Gasteiger partial charge in [-0.3, -0.25) is 4.90 Å². The zero-order chi connectivity index (χ0) is 22.1. The van der Waals surface area contributed by atoms with Gasteiger partial charge < -0.3 is 4.57 Å². The molecule has 2 aromatic carbocycles. The zero-order valence-electron chi connectivity index (χ0n) is 17.6. The Morgan fingerprint density at radius 2 is 1.88 bits per heavy atom. The van der Waals surface area contributed by atoms with Crippen LogP contribution in [0.2, 0.25) is 5.02 Å². The molecule has 1 aliphatic rings. The molecule has 0 bridgehead atoms. The van der Waals surface area contributed by atoms with Crippen molar-refractivity contribution in [3.05, 3.63) is 89.7 Å². The topological polar surface area (TPSA) is 55.2 Å². The molecule has 1 aliphatic heterocycles. The summed E-state index contributed by atoms with van der Waals surface area (Å²) in [5.74, 6) is 0. The predicted molar refractivity (Wildman–Crippen MR) is 127 cm³/mol. The van der Waals surface area contributed by atoms with Gasteiger partial charge in [-0.05, 0) is 55.3 Å². The molecular weight excluding hydrogens is 442 g/mol. The van der Waals surface area contributed by atoms with Crippen LogP contribution < -0.4 is 0 Å². The maximum Gasteiger partial charge on any atom is 0.208 e. The molecule has 4 aromatic rings. The average molecular weight is 466 g/mol. The van der Waals surface area contributed by atoms with Crippen molar-refractivity contribution in [2.75, 3.05) is 6.54 Å². The average Bonchev–Trinajstić information content (AvgIpc) is 3.40. The SMILES string of the molecule is O=S(=O)(c1cccc(Cl)c1)c1cn(CC2CCCN2Cc2ccccc2)c2ncccc12. The molecule has 0 amide bonds. The first-order valence-electron chi connectivity index (χ1n) is 10.7. The van der Waals surface area contributed by atoms with Crippen molar-refractivity contribution in [1.29, 1.82) is 0 Å². The van der Waals surface area contributed by atoms with Crippen molar-refractivity contribution in [1.82, 2.24) is 14.5 Å². The standard InChI is InChI=1S/C25H24ClN3O2S/c26-20-9-4-11-22(15-20)32(30,31)24-18-29(25-23(24)12-5-13-27-25)17-21-10-6-14-28(21)16-19-7-2-1-3-8-19/h1-5,7-9,11-13,15,18,21H,6,10,14,16-17H2. The van der Waals surface area contributed by atoms with E-state index in [4.69, 9.17) is 11.6 Å². The van der Waals surface area contributed by atoms with Crippen molar-refractivity contribution >= 4 is 32.5 Å². The van der Waals surface area contributed by atoms with Crippen LogP contribution in [0.5, 0.6) is 0 Å². The summed E-state index contributed by atoms with van der Waals surface area (Å²) in [6.45, 7) is 2.64. The Kier molecular flexibility index (Phi) is 5.76. The minimum atomic E-state index is -3.72. The van der Waals surface area contributed by atoms with Crippen LogP contribution in [0, 0.1) is 0 Å². The summed E-state index contributed by atoms with van der Waals surface area (Å²) in [4.78, 5) is 7.48. The number of rotatable bonds is 6. The Morgan fingerprint density at radius 1 is 1.03 bits per heavy atom. The highest BCUT2D eigenvalue weighted by Crippen LogP contribution is 2.31. The van der Waals surface area contributed by atoms with Gasteiger partial charge in [-0.2, -0.15) is 0 Å². The first kappa shape index (κ1) is 21.2. The molecule has 164 valence electrons. The molecule has 5 rings (SSSR count). The van der Waals surface area contributed by atoms with Crippen molar-refractivity contribution < 1.29 is 8.42 Å². The lowest BCUT2D eigenvalue weighted by Crippen LogP contribution is -2.32. The van der Waals surface area contributed by atoms with Gasteiger partial charge in [-0.1, -0.05) is 48.0 Å². The lowest BCUT2D eigenvalue weighted by atomic mass is 10.2. The molecule has 3 heterocycles. The normalized spacial score (nSPS) is 17.2. The van der Waals surface area contributed by atoms with Crippen LogP contribution in [0.25, 0.3) is 11.0 Å². The summed E-state index contributed by atoms with van der Waals surface area (Å²) in [5.41, 5.74) is 1.98. The molecule has 1 fully saturated rings. The summed E-state index contributed by atoms with van der Waals surface area (Å²) in [5, 5.41) is 1.04. The Labute approximate surface area is 193 Å². The fourth-order valence-electron chi connectivity index (χ4n) is 4.56. The molecule has 0 saturated carbocycles. The van der Waals surface area contributed by atoms with Crippen LogP contribution in [0.1, 0.15) is 18.4 Å². The van der Waals surface area contributed by atoms with Gasteiger partial charge in [0.05, 0.1) is 9.79 Å². The molecule has 5 nitrogen and oxygen atoms in total. The van der Waals surface area contributed by atoms with E-state index in [0.29, 0.717) is 28.6 Å². The summed E-state index contributed by atoms with van der Waals surface area (Å²) in [6.07, 6.45) is 5.67. The highest BCUT2D eigenvalue weighted by Gasteiger charge is 2.28. The second kappa shape index (κ2) is 8.70. The number of halogens is 1. The van der Waals surface area contributed by atoms with Gasteiger partial charge in [0.25, 0.3) is 0 Å². The minimum absolute atomic E-state index is 0.194. The Hall–Kier alpha value is -2.67. The number of hydrogen-bond donors (Lipinski definition) is 0. The number of sulfone groups is 1. The smallest absolute Gasteiger partial charge is 0.208 e. The second-order valence-electron chi connectivity index (χ2n) is 8.23. The van der Waals surface area contributed by atoms with E-state index < -0.39 is 9.84 Å². The molecule has 1 atom stereocenters. The van der Waals surface area contributed by atoms with Gasteiger partial charge in [0.2, 0.25) is 9.84 Å². The highest BCUT2D eigenvalue weighted by atomic mass is 35.5. The molecule has 1 unspecified atom stereocenters. The molecule has 2 aromatic heterocycles. The van der Waals surface area contributed by atoms with E-state index in [1.54, 1.807) is 36.7 Å². The van der Waals surface area contributed by atoms with E-state index in [9.17, 15) is 8.42 Å². The number of hydrogen-bond acceptors (Lipinski definition) is 4. The quantitative estimate of drug-likeness (QED) is 0.393. The summed E-state index contributed by atoms with van der Waals surface area (Å²) in [7, 11) is -3.72. The van der Waals surface area contributed by atoms with E-state index in [2.05, 4.69) is 34.1 Å². The van der Waals surface area contributed by atoms with Gasteiger partial charge in [0, 0.05) is 41.9 Å². The predicted octanol–water partition coefficient (Wildman–Crippen LogP) is 5.19.